The van der Waals surface area contributed by atoms with E-state index in [9.17, 15) is 0 Å². The van der Waals surface area contributed by atoms with Gasteiger partial charge in [-0.25, -0.2) is 0 Å². The zero-order valence-corrected chi connectivity index (χ0v) is 19.2. The molecule has 0 bridgehead atoms. The fourth-order valence-corrected chi connectivity index (χ4v) is 8.57. The van der Waals surface area contributed by atoms with E-state index in [4.69, 9.17) is 0 Å². The Bertz CT molecular complexity index is 326. The van der Waals surface area contributed by atoms with Gasteiger partial charge >= 0.3 is 139 Å². The van der Waals surface area contributed by atoms with Crippen LogP contribution in [0.4, 0.5) is 0 Å². The van der Waals surface area contributed by atoms with Gasteiger partial charge in [-0.3, -0.25) is 0 Å². The van der Waals surface area contributed by atoms with E-state index in [1.807, 2.05) is 0 Å². The van der Waals surface area contributed by atoms with Crippen LogP contribution in [0.5, 0.6) is 0 Å². The molecule has 19 heavy (non-hydrogen) atoms. The summed E-state index contributed by atoms with van der Waals surface area (Å²) in [7, 11) is 0. The quantitative estimate of drug-likeness (QED) is 0.354. The van der Waals surface area contributed by atoms with Crippen molar-refractivity contribution in [1.82, 2.24) is 0 Å². The molecule has 0 heterocycles. The van der Waals surface area contributed by atoms with Crippen molar-refractivity contribution in [2.24, 2.45) is 0 Å². The molecule has 0 aromatic heterocycles. The standard InChI is InChI=1S/C16H25Ge.BrH.Zn/c1-4-17(5-2,6-3)15-11-10-14-16-12-8-7-9-13-16;;/h7-10,12-15H,4-6,11H2,1-3H3;1H;/q-1;;+2/p-1/b14-10+;;. The third-order valence-corrected chi connectivity index (χ3v) is 15.1. The molecule has 1 aromatic carbocycles. The summed E-state index contributed by atoms with van der Waals surface area (Å²) >= 11 is 2.70. The SMILES string of the molecule is C[CH2][Ge]([CH-]C/C=C/c1ccccc1)([CH2]C)[CH2]C.[Zn+][Br]. The summed E-state index contributed by atoms with van der Waals surface area (Å²) in [6.07, 6.45) is 5.71. The topological polar surface area (TPSA) is 0 Å². The zero-order valence-electron chi connectivity index (χ0n) is 12.5. The van der Waals surface area contributed by atoms with Crippen LogP contribution >= 0.6 is 13.6 Å². The third kappa shape index (κ3) is 7.83. The van der Waals surface area contributed by atoms with E-state index >= 15 is 0 Å². The van der Waals surface area contributed by atoms with Gasteiger partial charge in [0.15, 0.2) is 0 Å². The molecule has 0 saturated heterocycles. The average Bonchev–Trinajstić information content (AvgIpc) is 2.51. The Morgan fingerprint density at radius 3 is 2.05 bits per heavy atom. The second-order valence-electron chi connectivity index (χ2n) is 4.68. The molecule has 0 amide bonds. The third-order valence-electron chi connectivity index (χ3n) is 3.91. The van der Waals surface area contributed by atoms with Crippen LogP contribution in [0.1, 0.15) is 32.8 Å². The summed E-state index contributed by atoms with van der Waals surface area (Å²) in [6, 6.07) is 10.6. The Morgan fingerprint density at radius 1 is 1.05 bits per heavy atom. The number of allylic oxidation sites excluding steroid dienone is 1. The number of rotatable bonds is 7. The predicted octanol–water partition coefficient (Wildman–Crippen LogP) is 6.18. The van der Waals surface area contributed by atoms with E-state index in [-0.39, 0.29) is 0 Å². The van der Waals surface area contributed by atoms with Crippen molar-refractivity contribution >= 4 is 33.0 Å². The number of benzene rings is 1. The van der Waals surface area contributed by atoms with E-state index in [0.717, 1.165) is 6.42 Å². The molecule has 0 aliphatic rings. The Hall–Kier alpha value is 0.606. The van der Waals surface area contributed by atoms with Crippen LogP contribution in [0.15, 0.2) is 36.4 Å². The summed E-state index contributed by atoms with van der Waals surface area (Å²) in [5.74, 6) is 0. The van der Waals surface area contributed by atoms with Crippen molar-refractivity contribution < 1.29 is 16.3 Å². The number of hydrogen-bond donors (Lipinski definition) is 0. The van der Waals surface area contributed by atoms with Crippen LogP contribution in [-0.2, 0) is 16.3 Å². The van der Waals surface area contributed by atoms with Gasteiger partial charge in [0.05, 0.1) is 0 Å². The van der Waals surface area contributed by atoms with Gasteiger partial charge in [-0.1, -0.05) is 0 Å². The monoisotopic (exact) mass is 434 g/mol. The first-order valence-electron chi connectivity index (χ1n) is 7.09. The molecule has 0 saturated carbocycles. The van der Waals surface area contributed by atoms with Gasteiger partial charge in [0, 0.05) is 0 Å². The van der Waals surface area contributed by atoms with Gasteiger partial charge in [-0.15, -0.1) is 0 Å². The molecule has 0 radical (unpaired) electrons. The van der Waals surface area contributed by atoms with Crippen molar-refractivity contribution in [3.05, 3.63) is 47.2 Å². The van der Waals surface area contributed by atoms with E-state index < -0.39 is 13.3 Å². The molecule has 0 aliphatic heterocycles. The molecule has 0 atom stereocenters. The average molecular weight is 435 g/mol. The molecule has 0 unspecified atom stereocenters. The van der Waals surface area contributed by atoms with Gasteiger partial charge in [0.1, 0.15) is 0 Å². The molecule has 3 heteroatoms. The van der Waals surface area contributed by atoms with Crippen LogP contribution in [0.25, 0.3) is 6.08 Å². The van der Waals surface area contributed by atoms with E-state index in [1.54, 1.807) is 0 Å². The van der Waals surface area contributed by atoms with Crippen molar-refractivity contribution in [3.63, 3.8) is 0 Å². The molecule has 0 N–H and O–H groups in total. The molecule has 1 rings (SSSR count). The molecule has 0 aliphatic carbocycles. The molecule has 0 spiro atoms. The Kier molecular flexibility index (Phi) is 12.7. The van der Waals surface area contributed by atoms with Gasteiger partial charge in [-0.2, -0.15) is 0 Å². The molecule has 0 fully saturated rings. The first-order valence-corrected chi connectivity index (χ1v) is 19.7. The first-order chi connectivity index (χ1) is 9.26. The maximum atomic E-state index is 3.06. The van der Waals surface area contributed by atoms with E-state index in [1.165, 1.54) is 37.7 Å². The van der Waals surface area contributed by atoms with Crippen molar-refractivity contribution in [2.45, 2.75) is 43.0 Å². The Balaban J connectivity index is 0.00000154. The van der Waals surface area contributed by atoms with Gasteiger partial charge in [0.25, 0.3) is 0 Å². The summed E-state index contributed by atoms with van der Waals surface area (Å²) in [5.41, 5.74) is 1.31. The van der Waals surface area contributed by atoms with Crippen molar-refractivity contribution in [2.75, 3.05) is 0 Å². The fraction of sp³-hybridized carbons (Fsp3) is 0.438. The second-order valence-corrected chi connectivity index (χ2v) is 15.7. The van der Waals surface area contributed by atoms with Crippen LogP contribution in [0.2, 0.25) is 15.8 Å². The molecular formula is C16H25BrGeZn. The minimum absolute atomic E-state index is 1.16. The molecule has 0 nitrogen and oxygen atoms in total. The fourth-order valence-electron chi connectivity index (χ4n) is 2.27. The molecular weight excluding hydrogens is 410 g/mol. The second kappa shape index (κ2) is 12.4. The number of hydrogen-bond acceptors (Lipinski definition) is 0. The summed E-state index contributed by atoms with van der Waals surface area (Å²) in [6.45, 7) is 7.14. The van der Waals surface area contributed by atoms with E-state index in [0.29, 0.717) is 0 Å². The first kappa shape index (κ1) is 19.6. The minimum atomic E-state index is -1.55. The van der Waals surface area contributed by atoms with E-state index in [2.05, 4.69) is 82.1 Å². The Labute approximate surface area is 138 Å². The van der Waals surface area contributed by atoms with Gasteiger partial charge in [0.2, 0.25) is 0 Å². The summed E-state index contributed by atoms with van der Waals surface area (Å²) in [5, 5.41) is 6.99. The van der Waals surface area contributed by atoms with Crippen molar-refractivity contribution in [1.29, 1.82) is 0 Å². The van der Waals surface area contributed by atoms with Crippen LogP contribution in [0.3, 0.4) is 0 Å². The van der Waals surface area contributed by atoms with Gasteiger partial charge in [-0.05, 0) is 0 Å². The van der Waals surface area contributed by atoms with Gasteiger partial charge < -0.3 is 0 Å². The predicted molar refractivity (Wildman–Crippen MR) is 90.5 cm³/mol. The summed E-state index contributed by atoms with van der Waals surface area (Å²) in [4.78, 5) is 0. The van der Waals surface area contributed by atoms with Crippen LogP contribution in [0, 0.1) is 5.25 Å². The van der Waals surface area contributed by atoms with Crippen molar-refractivity contribution in [3.8, 4) is 0 Å². The molecule has 1 aromatic rings. The Morgan fingerprint density at radius 2 is 1.58 bits per heavy atom. The zero-order chi connectivity index (χ0) is 14.6. The van der Waals surface area contributed by atoms with Crippen LogP contribution < -0.4 is 0 Å². The molecule has 102 valence electrons. The number of halogens is 1. The maximum absolute atomic E-state index is 3.06. The summed E-state index contributed by atoms with van der Waals surface area (Å²) < 4.78 is 0. The normalized spacial score (nSPS) is 11.3. The van der Waals surface area contributed by atoms with Crippen LogP contribution in [-0.4, -0.2) is 13.3 Å².